The number of nitrogens with zero attached hydrogens (tertiary/aromatic N) is 1. The highest BCUT2D eigenvalue weighted by molar-refractivity contribution is 6.17. The lowest BCUT2D eigenvalue weighted by molar-refractivity contribution is -0.154. The fourth-order valence-corrected chi connectivity index (χ4v) is 2.12. The Bertz CT molecular complexity index is 436. The SMILES string of the molecule is CCOC(=O)C(c1ccccc1)N(CCCCl)C(C)=O. The van der Waals surface area contributed by atoms with Gasteiger partial charge in [-0.15, -0.1) is 11.6 Å². The Morgan fingerprint density at radius 1 is 1.30 bits per heavy atom. The Balaban J connectivity index is 3.07. The lowest BCUT2D eigenvalue weighted by atomic mass is 10.0. The molecule has 1 amide bonds. The number of amides is 1. The predicted octanol–water partition coefficient (Wildman–Crippen LogP) is 2.77. The molecule has 0 saturated carbocycles. The Morgan fingerprint density at radius 3 is 2.45 bits per heavy atom. The summed E-state index contributed by atoms with van der Waals surface area (Å²) < 4.78 is 5.10. The highest BCUT2D eigenvalue weighted by Crippen LogP contribution is 2.23. The first kappa shape index (κ1) is 16.5. The smallest absolute Gasteiger partial charge is 0.333 e. The van der Waals surface area contributed by atoms with Crippen LogP contribution in [0.2, 0.25) is 0 Å². The van der Waals surface area contributed by atoms with Crippen LogP contribution in [0.15, 0.2) is 30.3 Å². The van der Waals surface area contributed by atoms with E-state index in [9.17, 15) is 9.59 Å². The second-order valence-electron chi connectivity index (χ2n) is 4.32. The zero-order valence-corrected chi connectivity index (χ0v) is 12.6. The maximum atomic E-state index is 12.2. The van der Waals surface area contributed by atoms with Crippen molar-refractivity contribution in [1.82, 2.24) is 4.90 Å². The molecule has 1 aromatic carbocycles. The van der Waals surface area contributed by atoms with Crippen molar-refractivity contribution in [3.05, 3.63) is 35.9 Å². The molecule has 0 aliphatic carbocycles. The van der Waals surface area contributed by atoms with Crippen molar-refractivity contribution in [1.29, 1.82) is 0 Å². The van der Waals surface area contributed by atoms with Gasteiger partial charge < -0.3 is 9.64 Å². The monoisotopic (exact) mass is 297 g/mol. The number of halogens is 1. The molecule has 0 heterocycles. The van der Waals surface area contributed by atoms with E-state index in [4.69, 9.17) is 16.3 Å². The molecular formula is C15H20ClNO3. The minimum Gasteiger partial charge on any atom is -0.464 e. The highest BCUT2D eigenvalue weighted by atomic mass is 35.5. The number of hydrogen-bond donors (Lipinski definition) is 0. The van der Waals surface area contributed by atoms with Crippen LogP contribution in [0.1, 0.15) is 31.9 Å². The van der Waals surface area contributed by atoms with Crippen molar-refractivity contribution in [2.75, 3.05) is 19.0 Å². The first-order valence-corrected chi connectivity index (χ1v) is 7.20. The van der Waals surface area contributed by atoms with Crippen LogP contribution in [-0.2, 0) is 14.3 Å². The average molecular weight is 298 g/mol. The Kier molecular flexibility index (Phi) is 7.09. The minimum atomic E-state index is -0.711. The molecule has 0 fully saturated rings. The second kappa shape index (κ2) is 8.59. The van der Waals surface area contributed by atoms with E-state index in [0.717, 1.165) is 5.56 Å². The summed E-state index contributed by atoms with van der Waals surface area (Å²) in [5.74, 6) is -0.144. The van der Waals surface area contributed by atoms with E-state index in [-0.39, 0.29) is 12.5 Å². The summed E-state index contributed by atoms with van der Waals surface area (Å²) in [6.45, 7) is 3.90. The van der Waals surface area contributed by atoms with E-state index in [1.54, 1.807) is 6.92 Å². The summed E-state index contributed by atoms with van der Waals surface area (Å²) in [6, 6.07) is 8.46. The topological polar surface area (TPSA) is 46.6 Å². The summed E-state index contributed by atoms with van der Waals surface area (Å²) in [5, 5.41) is 0. The molecule has 20 heavy (non-hydrogen) atoms. The Labute approximate surface area is 124 Å². The number of hydrogen-bond acceptors (Lipinski definition) is 3. The van der Waals surface area contributed by atoms with Crippen LogP contribution in [0, 0.1) is 0 Å². The molecule has 1 rings (SSSR count). The van der Waals surface area contributed by atoms with Crippen molar-refractivity contribution >= 4 is 23.5 Å². The summed E-state index contributed by atoms with van der Waals surface area (Å²) in [4.78, 5) is 25.6. The summed E-state index contributed by atoms with van der Waals surface area (Å²) in [5.41, 5.74) is 0.746. The van der Waals surface area contributed by atoms with Crippen LogP contribution in [-0.4, -0.2) is 35.8 Å². The molecule has 1 unspecified atom stereocenters. The van der Waals surface area contributed by atoms with Gasteiger partial charge in [-0.2, -0.15) is 0 Å². The molecular weight excluding hydrogens is 278 g/mol. The standard InChI is InChI=1S/C15H20ClNO3/c1-3-20-15(19)14(13-8-5-4-6-9-13)17(12(2)18)11-7-10-16/h4-6,8-9,14H,3,7,10-11H2,1-2H3. The molecule has 0 aliphatic heterocycles. The number of carbonyl (C=O) groups is 2. The molecule has 0 radical (unpaired) electrons. The number of carbonyl (C=O) groups excluding carboxylic acids is 2. The zero-order valence-electron chi connectivity index (χ0n) is 11.8. The molecule has 0 aromatic heterocycles. The minimum absolute atomic E-state index is 0.169. The predicted molar refractivity (Wildman–Crippen MR) is 78.5 cm³/mol. The molecule has 0 N–H and O–H groups in total. The molecule has 0 aliphatic rings. The Hall–Kier alpha value is -1.55. The molecule has 1 atom stereocenters. The third-order valence-corrected chi connectivity index (χ3v) is 3.14. The molecule has 1 aromatic rings. The maximum absolute atomic E-state index is 12.2. The van der Waals surface area contributed by atoms with E-state index in [1.165, 1.54) is 11.8 Å². The molecule has 0 spiro atoms. The third-order valence-electron chi connectivity index (χ3n) is 2.87. The summed E-state index contributed by atoms with van der Waals surface area (Å²) in [7, 11) is 0. The van der Waals surface area contributed by atoms with Crippen LogP contribution >= 0.6 is 11.6 Å². The average Bonchev–Trinajstić information content (AvgIpc) is 2.44. The van der Waals surface area contributed by atoms with Gasteiger partial charge >= 0.3 is 5.97 Å². The van der Waals surface area contributed by atoms with Gasteiger partial charge in [0.1, 0.15) is 0 Å². The fraction of sp³-hybridized carbons (Fsp3) is 0.467. The summed E-state index contributed by atoms with van der Waals surface area (Å²) >= 11 is 5.69. The van der Waals surface area contributed by atoms with Crippen molar-refractivity contribution in [2.24, 2.45) is 0 Å². The van der Waals surface area contributed by atoms with Gasteiger partial charge in [-0.25, -0.2) is 4.79 Å². The van der Waals surface area contributed by atoms with Crippen LogP contribution in [0.25, 0.3) is 0 Å². The maximum Gasteiger partial charge on any atom is 0.333 e. The van der Waals surface area contributed by atoms with Crippen molar-refractivity contribution in [2.45, 2.75) is 26.3 Å². The lowest BCUT2D eigenvalue weighted by Gasteiger charge is -2.29. The second-order valence-corrected chi connectivity index (χ2v) is 4.70. The lowest BCUT2D eigenvalue weighted by Crippen LogP contribution is -2.39. The van der Waals surface area contributed by atoms with Gasteiger partial charge in [-0.1, -0.05) is 30.3 Å². The first-order chi connectivity index (χ1) is 9.61. The van der Waals surface area contributed by atoms with Crippen LogP contribution in [0.5, 0.6) is 0 Å². The van der Waals surface area contributed by atoms with Crippen molar-refractivity contribution in [3.63, 3.8) is 0 Å². The van der Waals surface area contributed by atoms with E-state index in [1.807, 2.05) is 30.3 Å². The van der Waals surface area contributed by atoms with E-state index < -0.39 is 12.0 Å². The van der Waals surface area contributed by atoms with E-state index in [0.29, 0.717) is 18.8 Å². The van der Waals surface area contributed by atoms with E-state index in [2.05, 4.69) is 0 Å². The summed E-state index contributed by atoms with van der Waals surface area (Å²) in [6.07, 6.45) is 0.629. The number of ether oxygens (including phenoxy) is 1. The van der Waals surface area contributed by atoms with Crippen LogP contribution in [0.4, 0.5) is 0 Å². The Morgan fingerprint density at radius 2 is 1.95 bits per heavy atom. The molecule has 4 nitrogen and oxygen atoms in total. The molecule has 0 saturated heterocycles. The number of alkyl halides is 1. The van der Waals surface area contributed by atoms with Gasteiger partial charge in [0.25, 0.3) is 0 Å². The van der Waals surface area contributed by atoms with Gasteiger partial charge in [0.15, 0.2) is 6.04 Å². The highest BCUT2D eigenvalue weighted by Gasteiger charge is 2.30. The van der Waals surface area contributed by atoms with Gasteiger partial charge in [0.05, 0.1) is 6.61 Å². The number of esters is 1. The first-order valence-electron chi connectivity index (χ1n) is 6.66. The van der Waals surface area contributed by atoms with Gasteiger partial charge in [-0.05, 0) is 18.9 Å². The van der Waals surface area contributed by atoms with E-state index >= 15 is 0 Å². The number of rotatable bonds is 7. The van der Waals surface area contributed by atoms with Gasteiger partial charge in [0.2, 0.25) is 5.91 Å². The van der Waals surface area contributed by atoms with Crippen LogP contribution in [0.3, 0.4) is 0 Å². The third kappa shape index (κ3) is 4.53. The normalized spacial score (nSPS) is 11.8. The number of benzene rings is 1. The zero-order chi connectivity index (χ0) is 15.0. The quantitative estimate of drug-likeness (QED) is 0.574. The fourth-order valence-electron chi connectivity index (χ4n) is 2.00. The molecule has 110 valence electrons. The van der Waals surface area contributed by atoms with Crippen molar-refractivity contribution in [3.8, 4) is 0 Å². The van der Waals surface area contributed by atoms with Crippen LogP contribution < -0.4 is 0 Å². The molecule has 0 bridgehead atoms. The van der Waals surface area contributed by atoms with Crippen molar-refractivity contribution < 1.29 is 14.3 Å². The van der Waals surface area contributed by atoms with Gasteiger partial charge in [-0.3, -0.25) is 4.79 Å². The largest absolute Gasteiger partial charge is 0.464 e. The molecule has 5 heteroatoms. The van der Waals surface area contributed by atoms with Gasteiger partial charge in [0, 0.05) is 19.3 Å².